The molecule has 1 saturated heterocycles. The van der Waals surface area contributed by atoms with Gasteiger partial charge in [-0.3, -0.25) is 0 Å². The Morgan fingerprint density at radius 1 is 1.26 bits per heavy atom. The van der Waals surface area contributed by atoms with E-state index in [9.17, 15) is 13.2 Å². The molecule has 7 nitrogen and oxygen atoms in total. The molecule has 0 aromatic heterocycles. The number of anilines is 1. The third-order valence-electron chi connectivity index (χ3n) is 4.13. The molecule has 1 aromatic rings. The largest absolute Gasteiger partial charge is 0.497 e. The van der Waals surface area contributed by atoms with E-state index in [-0.39, 0.29) is 12.1 Å². The Balaban J connectivity index is 1.88. The quantitative estimate of drug-likeness (QED) is 0.902. The van der Waals surface area contributed by atoms with Crippen LogP contribution >= 0.6 is 0 Å². The van der Waals surface area contributed by atoms with Crippen molar-refractivity contribution < 1.29 is 17.9 Å². The Morgan fingerprint density at radius 2 is 1.83 bits per heavy atom. The summed E-state index contributed by atoms with van der Waals surface area (Å²) in [5, 5.41) is 2.84. The molecule has 0 spiro atoms. The van der Waals surface area contributed by atoms with Crippen molar-refractivity contribution in [3.8, 4) is 5.75 Å². The number of carbonyl (C=O) groups excluding carboxylic acids is 1. The van der Waals surface area contributed by atoms with Crippen molar-refractivity contribution in [3.05, 3.63) is 24.3 Å². The standard InChI is InChI=1S/C15H23N3O4S/c1-17(23(3,20)21)13-8-10-18(11-9-13)15(19)16-12-4-6-14(22-2)7-5-12/h4-7,13H,8-11H2,1-3H3,(H,16,19). The lowest BCUT2D eigenvalue weighted by Crippen LogP contribution is -2.48. The van der Waals surface area contributed by atoms with Gasteiger partial charge in [-0.25, -0.2) is 17.5 Å². The lowest BCUT2D eigenvalue weighted by atomic mass is 10.1. The highest BCUT2D eigenvalue weighted by Crippen LogP contribution is 2.19. The molecule has 0 atom stereocenters. The van der Waals surface area contributed by atoms with Crippen molar-refractivity contribution in [2.45, 2.75) is 18.9 Å². The first kappa shape index (κ1) is 17.6. The van der Waals surface area contributed by atoms with Crippen molar-refractivity contribution in [1.82, 2.24) is 9.21 Å². The molecule has 0 radical (unpaired) electrons. The fraction of sp³-hybridized carbons (Fsp3) is 0.533. The number of carbonyl (C=O) groups is 1. The van der Waals surface area contributed by atoms with Crippen LogP contribution in [0.3, 0.4) is 0 Å². The van der Waals surface area contributed by atoms with Gasteiger partial charge in [0.15, 0.2) is 0 Å². The number of methoxy groups -OCH3 is 1. The molecule has 0 unspecified atom stereocenters. The van der Waals surface area contributed by atoms with Gasteiger partial charge in [-0.15, -0.1) is 0 Å². The summed E-state index contributed by atoms with van der Waals surface area (Å²) in [5.74, 6) is 0.729. The normalized spacial score (nSPS) is 16.4. The molecule has 0 saturated carbocycles. The number of nitrogens with zero attached hydrogens (tertiary/aromatic N) is 2. The molecule has 1 N–H and O–H groups in total. The maximum Gasteiger partial charge on any atom is 0.321 e. The van der Waals surface area contributed by atoms with Crippen LogP contribution < -0.4 is 10.1 Å². The highest BCUT2D eigenvalue weighted by molar-refractivity contribution is 7.88. The third-order valence-corrected chi connectivity index (χ3v) is 5.47. The molecule has 2 rings (SSSR count). The van der Waals surface area contributed by atoms with Crippen molar-refractivity contribution in [1.29, 1.82) is 0 Å². The number of likely N-dealkylation sites (tertiary alicyclic amines) is 1. The summed E-state index contributed by atoms with van der Waals surface area (Å²) in [6.07, 6.45) is 2.48. The van der Waals surface area contributed by atoms with Crippen LogP contribution in [0.1, 0.15) is 12.8 Å². The van der Waals surface area contributed by atoms with E-state index in [0.29, 0.717) is 31.6 Å². The summed E-state index contributed by atoms with van der Waals surface area (Å²) in [5.41, 5.74) is 0.700. The van der Waals surface area contributed by atoms with Gasteiger partial charge in [0.1, 0.15) is 5.75 Å². The van der Waals surface area contributed by atoms with Crippen molar-refractivity contribution in [3.63, 3.8) is 0 Å². The molecule has 128 valence electrons. The number of nitrogens with one attached hydrogen (secondary N) is 1. The SMILES string of the molecule is COc1ccc(NC(=O)N2CCC(N(C)S(C)(=O)=O)CC2)cc1. The van der Waals surface area contributed by atoms with E-state index >= 15 is 0 Å². The minimum atomic E-state index is -3.19. The van der Waals surface area contributed by atoms with E-state index < -0.39 is 10.0 Å². The van der Waals surface area contributed by atoms with Gasteiger partial charge in [-0.1, -0.05) is 0 Å². The second kappa shape index (κ2) is 7.18. The average molecular weight is 341 g/mol. The number of urea groups is 1. The number of ether oxygens (including phenoxy) is 1. The van der Waals surface area contributed by atoms with E-state index in [2.05, 4.69) is 5.32 Å². The van der Waals surface area contributed by atoms with Crippen LogP contribution in [0.5, 0.6) is 5.75 Å². The zero-order valence-corrected chi connectivity index (χ0v) is 14.5. The van der Waals surface area contributed by atoms with E-state index in [1.807, 2.05) is 0 Å². The monoisotopic (exact) mass is 341 g/mol. The van der Waals surface area contributed by atoms with Crippen LogP contribution in [0.15, 0.2) is 24.3 Å². The van der Waals surface area contributed by atoms with Crippen LogP contribution in [0.4, 0.5) is 10.5 Å². The molecular formula is C15H23N3O4S. The van der Waals surface area contributed by atoms with Crippen molar-refractivity contribution in [2.75, 3.05) is 38.8 Å². The number of benzene rings is 1. The van der Waals surface area contributed by atoms with Gasteiger partial charge in [0, 0.05) is 31.9 Å². The number of rotatable bonds is 4. The van der Waals surface area contributed by atoms with Gasteiger partial charge < -0.3 is 15.0 Å². The number of sulfonamides is 1. The highest BCUT2D eigenvalue weighted by Gasteiger charge is 2.28. The highest BCUT2D eigenvalue weighted by atomic mass is 32.2. The summed E-state index contributed by atoms with van der Waals surface area (Å²) >= 11 is 0. The van der Waals surface area contributed by atoms with Crippen molar-refractivity contribution in [2.24, 2.45) is 0 Å². The number of amides is 2. The van der Waals surface area contributed by atoms with Crippen LogP contribution in [-0.2, 0) is 10.0 Å². The average Bonchev–Trinajstić information content (AvgIpc) is 2.54. The molecule has 8 heteroatoms. The van der Waals surface area contributed by atoms with Gasteiger partial charge in [-0.2, -0.15) is 0 Å². The predicted octanol–water partition coefficient (Wildman–Crippen LogP) is 1.58. The Hall–Kier alpha value is -1.80. The summed E-state index contributed by atoms with van der Waals surface area (Å²) in [6.45, 7) is 1.07. The van der Waals surface area contributed by atoms with E-state index in [1.165, 1.54) is 10.6 Å². The molecule has 1 heterocycles. The Labute approximate surface area is 137 Å². The first-order valence-corrected chi connectivity index (χ1v) is 9.29. The fourth-order valence-corrected chi connectivity index (χ4v) is 3.33. The Morgan fingerprint density at radius 3 is 2.30 bits per heavy atom. The summed E-state index contributed by atoms with van der Waals surface area (Å²) in [6, 6.07) is 6.90. The third kappa shape index (κ3) is 4.59. The van der Waals surface area contributed by atoms with Gasteiger partial charge in [0.05, 0.1) is 13.4 Å². The second-order valence-electron chi connectivity index (χ2n) is 5.66. The summed E-state index contributed by atoms with van der Waals surface area (Å²) in [4.78, 5) is 14.0. The first-order valence-electron chi connectivity index (χ1n) is 7.44. The molecule has 0 bridgehead atoms. The summed E-state index contributed by atoms with van der Waals surface area (Å²) < 4.78 is 29.6. The van der Waals surface area contributed by atoms with Crippen LogP contribution in [0.25, 0.3) is 0 Å². The molecular weight excluding hydrogens is 318 g/mol. The van der Waals surface area contributed by atoms with Gasteiger partial charge >= 0.3 is 6.03 Å². The molecule has 1 aliphatic heterocycles. The number of hydrogen-bond donors (Lipinski definition) is 1. The number of piperidine rings is 1. The molecule has 0 aliphatic carbocycles. The topological polar surface area (TPSA) is 79.0 Å². The molecule has 1 fully saturated rings. The predicted molar refractivity (Wildman–Crippen MR) is 89.2 cm³/mol. The molecule has 1 aromatic carbocycles. The molecule has 23 heavy (non-hydrogen) atoms. The lowest BCUT2D eigenvalue weighted by Gasteiger charge is -2.35. The molecule has 1 aliphatic rings. The summed E-state index contributed by atoms with van der Waals surface area (Å²) in [7, 11) is -0.0140. The first-order chi connectivity index (χ1) is 10.8. The minimum absolute atomic E-state index is 0.0463. The maximum absolute atomic E-state index is 12.2. The Bertz CT molecular complexity index is 637. The van der Waals surface area contributed by atoms with Crippen LogP contribution in [-0.4, -0.2) is 63.2 Å². The smallest absolute Gasteiger partial charge is 0.321 e. The fourth-order valence-electron chi connectivity index (χ4n) is 2.58. The van der Waals surface area contributed by atoms with Gasteiger partial charge in [0.2, 0.25) is 10.0 Å². The van der Waals surface area contributed by atoms with E-state index in [0.717, 1.165) is 5.75 Å². The van der Waals surface area contributed by atoms with Gasteiger partial charge in [0.25, 0.3) is 0 Å². The number of hydrogen-bond acceptors (Lipinski definition) is 4. The van der Waals surface area contributed by atoms with Crippen LogP contribution in [0.2, 0.25) is 0 Å². The zero-order chi connectivity index (χ0) is 17.0. The lowest BCUT2D eigenvalue weighted by molar-refractivity contribution is 0.175. The van der Waals surface area contributed by atoms with E-state index in [4.69, 9.17) is 4.74 Å². The van der Waals surface area contributed by atoms with E-state index in [1.54, 1.807) is 43.3 Å². The van der Waals surface area contributed by atoms with Crippen LogP contribution in [0, 0.1) is 0 Å². The second-order valence-corrected chi connectivity index (χ2v) is 7.70. The maximum atomic E-state index is 12.2. The minimum Gasteiger partial charge on any atom is -0.497 e. The van der Waals surface area contributed by atoms with Crippen molar-refractivity contribution >= 4 is 21.7 Å². The zero-order valence-electron chi connectivity index (χ0n) is 13.7. The Kier molecular flexibility index (Phi) is 5.48. The van der Waals surface area contributed by atoms with Gasteiger partial charge in [-0.05, 0) is 37.1 Å². The molecule has 2 amide bonds.